The Hall–Kier alpha value is -4.59. The smallest absolute Gasteiger partial charge is 0.456 e. The molecule has 3 aromatic rings. The summed E-state index contributed by atoms with van der Waals surface area (Å²) in [5.74, 6) is -1.04. The average molecular weight is 443 g/mol. The van der Waals surface area contributed by atoms with E-state index in [1.54, 1.807) is 12.1 Å². The molecular formula is C21H12F3N3O5. The monoisotopic (exact) mass is 443 g/mol. The van der Waals surface area contributed by atoms with Crippen LogP contribution in [0.4, 0.5) is 24.5 Å². The zero-order valence-electron chi connectivity index (χ0n) is 15.9. The number of nitrogens with zero attached hydrogens (tertiary/aromatic N) is 2. The number of alkyl halides is 3. The predicted octanol–water partition coefficient (Wildman–Crippen LogP) is 5.30. The number of amides is 1. The highest BCUT2D eigenvalue weighted by molar-refractivity contribution is 6.09. The van der Waals surface area contributed by atoms with Crippen molar-refractivity contribution in [1.29, 1.82) is 5.26 Å². The van der Waals surface area contributed by atoms with E-state index in [0.717, 1.165) is 18.2 Å². The van der Waals surface area contributed by atoms with Gasteiger partial charge in [-0.2, -0.15) is 5.26 Å². The summed E-state index contributed by atoms with van der Waals surface area (Å²) in [6, 6.07) is 14.9. The molecule has 1 amide bonds. The van der Waals surface area contributed by atoms with E-state index >= 15 is 0 Å². The minimum absolute atomic E-state index is 0.0961. The number of nitriles is 1. The van der Waals surface area contributed by atoms with Crippen molar-refractivity contribution in [3.63, 3.8) is 0 Å². The average Bonchev–Trinajstić information content (AvgIpc) is 3.20. The van der Waals surface area contributed by atoms with Gasteiger partial charge in [0, 0.05) is 17.8 Å². The number of nitrogens with one attached hydrogen (secondary N) is 1. The lowest BCUT2D eigenvalue weighted by Gasteiger charge is -2.09. The van der Waals surface area contributed by atoms with Gasteiger partial charge in [0.2, 0.25) is 0 Å². The Bertz CT molecular complexity index is 1220. The second-order valence-electron chi connectivity index (χ2n) is 6.17. The molecule has 162 valence electrons. The van der Waals surface area contributed by atoms with Crippen molar-refractivity contribution in [2.75, 3.05) is 5.32 Å². The molecule has 0 aliphatic heterocycles. The first kappa shape index (κ1) is 22.1. The zero-order chi connectivity index (χ0) is 23.3. The van der Waals surface area contributed by atoms with E-state index in [9.17, 15) is 33.3 Å². The van der Waals surface area contributed by atoms with Crippen LogP contribution in [-0.4, -0.2) is 17.2 Å². The van der Waals surface area contributed by atoms with Crippen LogP contribution in [-0.2, 0) is 4.79 Å². The molecule has 0 saturated carbocycles. The van der Waals surface area contributed by atoms with Crippen molar-refractivity contribution in [2.24, 2.45) is 0 Å². The van der Waals surface area contributed by atoms with Gasteiger partial charge < -0.3 is 14.5 Å². The van der Waals surface area contributed by atoms with Crippen LogP contribution in [0.2, 0.25) is 0 Å². The van der Waals surface area contributed by atoms with Crippen LogP contribution in [0.25, 0.3) is 17.4 Å². The van der Waals surface area contributed by atoms with Gasteiger partial charge in [-0.05, 0) is 42.5 Å². The number of para-hydroxylation sites is 1. The molecule has 0 unspecified atom stereocenters. The minimum Gasteiger partial charge on any atom is -0.456 e. The fraction of sp³-hybridized carbons (Fsp3) is 0.0476. The maximum absolute atomic E-state index is 12.3. The maximum Gasteiger partial charge on any atom is 0.573 e. The Morgan fingerprint density at radius 1 is 1.12 bits per heavy atom. The first-order valence-corrected chi connectivity index (χ1v) is 8.79. The van der Waals surface area contributed by atoms with Crippen molar-refractivity contribution in [3.8, 4) is 23.1 Å². The Morgan fingerprint density at radius 3 is 2.44 bits per heavy atom. The number of ether oxygens (including phenoxy) is 1. The number of benzene rings is 2. The molecule has 0 aliphatic carbocycles. The molecule has 0 atom stereocenters. The highest BCUT2D eigenvalue weighted by atomic mass is 19.4. The van der Waals surface area contributed by atoms with Crippen molar-refractivity contribution in [2.45, 2.75) is 6.36 Å². The standard InChI is InChI=1S/C21H12F3N3O5/c22-21(23,24)32-15-7-5-14(6-8-15)26-20(28)13(12-25)11-16-9-10-19(31-16)17-3-1-2-4-18(17)27(29)30/h1-11H,(H,26,28)/b13-11+. The summed E-state index contributed by atoms with van der Waals surface area (Å²) < 4.78 is 45.9. The number of anilines is 1. The van der Waals surface area contributed by atoms with Crippen LogP contribution in [0.5, 0.6) is 5.75 Å². The van der Waals surface area contributed by atoms with Crippen molar-refractivity contribution >= 4 is 23.4 Å². The summed E-state index contributed by atoms with van der Waals surface area (Å²) in [4.78, 5) is 22.9. The number of halogens is 3. The predicted molar refractivity (Wildman–Crippen MR) is 106 cm³/mol. The molecule has 0 saturated heterocycles. The third kappa shape index (κ3) is 5.51. The van der Waals surface area contributed by atoms with Crippen LogP contribution in [0, 0.1) is 21.4 Å². The van der Waals surface area contributed by atoms with Gasteiger partial charge >= 0.3 is 6.36 Å². The van der Waals surface area contributed by atoms with Gasteiger partial charge in [0.1, 0.15) is 28.9 Å². The lowest BCUT2D eigenvalue weighted by atomic mass is 10.1. The van der Waals surface area contributed by atoms with Gasteiger partial charge in [-0.25, -0.2) is 0 Å². The maximum atomic E-state index is 12.3. The van der Waals surface area contributed by atoms with E-state index < -0.39 is 22.9 Å². The summed E-state index contributed by atoms with van der Waals surface area (Å²) in [6.07, 6.45) is -3.71. The summed E-state index contributed by atoms with van der Waals surface area (Å²) in [6.45, 7) is 0. The molecular weight excluding hydrogens is 431 g/mol. The van der Waals surface area contributed by atoms with Gasteiger partial charge in [-0.1, -0.05) is 12.1 Å². The normalized spacial score (nSPS) is 11.5. The second kappa shape index (κ2) is 9.05. The van der Waals surface area contributed by atoms with Gasteiger partial charge in [-0.3, -0.25) is 14.9 Å². The van der Waals surface area contributed by atoms with Crippen molar-refractivity contribution < 1.29 is 32.0 Å². The van der Waals surface area contributed by atoms with Crippen LogP contribution in [0.3, 0.4) is 0 Å². The highest BCUT2D eigenvalue weighted by Gasteiger charge is 2.31. The fourth-order valence-corrected chi connectivity index (χ4v) is 2.65. The topological polar surface area (TPSA) is 118 Å². The van der Waals surface area contributed by atoms with E-state index in [1.165, 1.54) is 42.5 Å². The number of nitro benzene ring substituents is 1. The third-order valence-corrected chi connectivity index (χ3v) is 3.99. The lowest BCUT2D eigenvalue weighted by Crippen LogP contribution is -2.17. The molecule has 32 heavy (non-hydrogen) atoms. The molecule has 11 heteroatoms. The van der Waals surface area contributed by atoms with Gasteiger partial charge in [0.15, 0.2) is 0 Å². The molecule has 1 aromatic heterocycles. The van der Waals surface area contributed by atoms with Crippen LogP contribution in [0.15, 0.2) is 70.7 Å². The summed E-state index contributed by atoms with van der Waals surface area (Å²) in [5, 5.41) is 22.8. The largest absolute Gasteiger partial charge is 0.573 e. The SMILES string of the molecule is N#C/C(=C\c1ccc(-c2ccccc2[N+](=O)[O-])o1)C(=O)Nc1ccc(OC(F)(F)F)cc1. The van der Waals surface area contributed by atoms with Gasteiger partial charge in [0.05, 0.1) is 10.5 Å². The zero-order valence-corrected chi connectivity index (χ0v) is 15.9. The third-order valence-electron chi connectivity index (χ3n) is 3.99. The highest BCUT2D eigenvalue weighted by Crippen LogP contribution is 2.31. The number of carbonyl (C=O) groups is 1. The number of rotatable bonds is 6. The molecule has 1 N–H and O–H groups in total. The van der Waals surface area contributed by atoms with E-state index in [4.69, 9.17) is 4.42 Å². The number of furan rings is 1. The molecule has 0 bridgehead atoms. The molecule has 8 nitrogen and oxygen atoms in total. The number of nitro groups is 1. The fourth-order valence-electron chi connectivity index (χ4n) is 2.65. The quantitative estimate of drug-likeness (QED) is 0.239. The van der Waals surface area contributed by atoms with Crippen LogP contribution in [0.1, 0.15) is 5.76 Å². The summed E-state index contributed by atoms with van der Waals surface area (Å²) >= 11 is 0. The van der Waals surface area contributed by atoms with E-state index in [-0.39, 0.29) is 34.0 Å². The van der Waals surface area contributed by atoms with Crippen molar-refractivity contribution in [3.05, 3.63) is 82.1 Å². The molecule has 0 fully saturated rings. The number of hydrogen-bond acceptors (Lipinski definition) is 6. The Kier molecular flexibility index (Phi) is 6.25. The Morgan fingerprint density at radius 2 is 1.81 bits per heavy atom. The number of hydrogen-bond donors (Lipinski definition) is 1. The summed E-state index contributed by atoms with van der Waals surface area (Å²) in [7, 11) is 0. The molecule has 0 spiro atoms. The van der Waals surface area contributed by atoms with E-state index in [1.807, 2.05) is 0 Å². The van der Waals surface area contributed by atoms with E-state index in [0.29, 0.717) is 0 Å². The Labute approximate surface area is 178 Å². The summed E-state index contributed by atoms with van der Waals surface area (Å²) in [5.41, 5.74) is -0.176. The number of carbonyl (C=O) groups excluding carboxylic acids is 1. The van der Waals surface area contributed by atoms with E-state index in [2.05, 4.69) is 10.1 Å². The molecule has 1 heterocycles. The lowest BCUT2D eigenvalue weighted by molar-refractivity contribution is -0.384. The molecule has 2 aromatic carbocycles. The molecule has 3 rings (SSSR count). The Balaban J connectivity index is 1.76. The first-order chi connectivity index (χ1) is 15.2. The first-order valence-electron chi connectivity index (χ1n) is 8.79. The van der Waals surface area contributed by atoms with Gasteiger partial charge in [0.25, 0.3) is 11.6 Å². The minimum atomic E-state index is -4.84. The second-order valence-corrected chi connectivity index (χ2v) is 6.17. The van der Waals surface area contributed by atoms with Crippen molar-refractivity contribution in [1.82, 2.24) is 0 Å². The van der Waals surface area contributed by atoms with Crippen LogP contribution < -0.4 is 10.1 Å². The molecule has 0 aliphatic rings. The van der Waals surface area contributed by atoms with Crippen LogP contribution >= 0.6 is 0 Å². The van der Waals surface area contributed by atoms with Gasteiger partial charge in [-0.15, -0.1) is 13.2 Å². The molecule has 0 radical (unpaired) electrons.